The average Bonchev–Trinajstić information content (AvgIpc) is 2.15. The molecule has 0 bridgehead atoms. The number of nitrogens with zero attached hydrogens (tertiary/aromatic N) is 1. The van der Waals surface area contributed by atoms with Gasteiger partial charge in [-0.3, -0.25) is 0 Å². The van der Waals surface area contributed by atoms with Gasteiger partial charge in [0.05, 0.1) is 0 Å². The van der Waals surface area contributed by atoms with E-state index in [0.717, 1.165) is 5.92 Å². The second-order valence-electron chi connectivity index (χ2n) is 5.67. The van der Waals surface area contributed by atoms with Crippen molar-refractivity contribution in [2.24, 2.45) is 17.6 Å². The zero-order valence-corrected chi connectivity index (χ0v) is 10.3. The molecule has 2 aliphatic rings. The van der Waals surface area contributed by atoms with Gasteiger partial charge in [-0.1, -0.05) is 26.2 Å². The Hall–Kier alpha value is -0.0800. The van der Waals surface area contributed by atoms with Crippen molar-refractivity contribution in [2.75, 3.05) is 13.1 Å². The summed E-state index contributed by atoms with van der Waals surface area (Å²) in [5.74, 6) is 1.71. The highest BCUT2D eigenvalue weighted by Crippen LogP contribution is 2.30. The minimum absolute atomic E-state index is 0.431. The Balaban J connectivity index is 1.76. The molecule has 1 saturated heterocycles. The third-order valence-corrected chi connectivity index (χ3v) is 4.81. The minimum Gasteiger partial charge on any atom is -0.327 e. The van der Waals surface area contributed by atoms with Gasteiger partial charge in [-0.05, 0) is 44.7 Å². The summed E-state index contributed by atoms with van der Waals surface area (Å²) in [5.41, 5.74) is 6.10. The fourth-order valence-electron chi connectivity index (χ4n) is 2.92. The molecule has 88 valence electrons. The van der Waals surface area contributed by atoms with Gasteiger partial charge in [0, 0.05) is 12.1 Å². The van der Waals surface area contributed by atoms with Crippen LogP contribution in [-0.4, -0.2) is 30.1 Å². The first-order valence-electron chi connectivity index (χ1n) is 6.68. The standard InChI is InChI=1S/C13H26N2/c1-10-11(2)15(9-7-13(10)14)8-6-12-4-3-5-12/h10-13H,3-9,14H2,1-2H3. The van der Waals surface area contributed by atoms with Crippen molar-refractivity contribution < 1.29 is 0 Å². The highest BCUT2D eigenvalue weighted by molar-refractivity contribution is 4.87. The molecule has 3 unspecified atom stereocenters. The van der Waals surface area contributed by atoms with Gasteiger partial charge in [0.2, 0.25) is 0 Å². The summed E-state index contributed by atoms with van der Waals surface area (Å²) < 4.78 is 0. The monoisotopic (exact) mass is 210 g/mol. The molecule has 0 aromatic heterocycles. The van der Waals surface area contributed by atoms with Crippen molar-refractivity contribution >= 4 is 0 Å². The lowest BCUT2D eigenvalue weighted by Gasteiger charge is -2.42. The zero-order chi connectivity index (χ0) is 10.8. The van der Waals surface area contributed by atoms with Crippen LogP contribution in [0.25, 0.3) is 0 Å². The van der Waals surface area contributed by atoms with Crippen molar-refractivity contribution in [2.45, 2.75) is 58.0 Å². The van der Waals surface area contributed by atoms with Crippen LogP contribution in [0.3, 0.4) is 0 Å². The molecule has 2 heteroatoms. The molecule has 15 heavy (non-hydrogen) atoms. The molecule has 0 aromatic rings. The van der Waals surface area contributed by atoms with E-state index in [1.165, 1.54) is 45.2 Å². The maximum Gasteiger partial charge on any atom is 0.0107 e. The molecule has 2 fully saturated rings. The van der Waals surface area contributed by atoms with E-state index in [0.29, 0.717) is 18.0 Å². The molecule has 0 spiro atoms. The SMILES string of the molecule is CC1C(N)CCN(CCC2CCC2)C1C. The quantitative estimate of drug-likeness (QED) is 0.774. The molecule has 2 N–H and O–H groups in total. The van der Waals surface area contributed by atoms with E-state index in [-0.39, 0.29) is 0 Å². The van der Waals surface area contributed by atoms with E-state index in [1.807, 2.05) is 0 Å². The highest BCUT2D eigenvalue weighted by atomic mass is 15.2. The topological polar surface area (TPSA) is 29.3 Å². The van der Waals surface area contributed by atoms with E-state index in [9.17, 15) is 0 Å². The van der Waals surface area contributed by atoms with Gasteiger partial charge >= 0.3 is 0 Å². The van der Waals surface area contributed by atoms with E-state index < -0.39 is 0 Å². The summed E-state index contributed by atoms with van der Waals surface area (Å²) in [6.07, 6.45) is 7.05. The summed E-state index contributed by atoms with van der Waals surface area (Å²) in [5, 5.41) is 0. The summed E-state index contributed by atoms with van der Waals surface area (Å²) in [4.78, 5) is 2.66. The molecular weight excluding hydrogens is 184 g/mol. The third kappa shape index (κ3) is 2.54. The minimum atomic E-state index is 0.431. The number of nitrogens with two attached hydrogens (primary N) is 1. The maximum atomic E-state index is 6.10. The molecule has 2 nitrogen and oxygen atoms in total. The molecule has 1 aliphatic heterocycles. The summed E-state index contributed by atoms with van der Waals surface area (Å²) in [6.45, 7) is 7.19. The smallest absolute Gasteiger partial charge is 0.0107 e. The summed E-state index contributed by atoms with van der Waals surface area (Å²) >= 11 is 0. The van der Waals surface area contributed by atoms with Gasteiger partial charge < -0.3 is 10.6 Å². The first-order valence-corrected chi connectivity index (χ1v) is 6.68. The predicted octanol–water partition coefficient (Wildman–Crippen LogP) is 2.23. The molecule has 2 rings (SSSR count). The largest absolute Gasteiger partial charge is 0.327 e. The van der Waals surface area contributed by atoms with Gasteiger partial charge in [-0.2, -0.15) is 0 Å². The molecule has 0 amide bonds. The Bertz CT molecular complexity index is 201. The van der Waals surface area contributed by atoms with Gasteiger partial charge in [0.15, 0.2) is 0 Å². The first kappa shape index (κ1) is 11.4. The molecule has 3 atom stereocenters. The van der Waals surface area contributed by atoms with Crippen LogP contribution >= 0.6 is 0 Å². The number of hydrogen-bond donors (Lipinski definition) is 1. The number of likely N-dealkylation sites (tertiary alicyclic amines) is 1. The van der Waals surface area contributed by atoms with Crippen LogP contribution in [-0.2, 0) is 0 Å². The zero-order valence-electron chi connectivity index (χ0n) is 10.3. The van der Waals surface area contributed by atoms with Crippen LogP contribution in [0.15, 0.2) is 0 Å². The first-order chi connectivity index (χ1) is 7.18. The Morgan fingerprint density at radius 1 is 1.20 bits per heavy atom. The number of rotatable bonds is 3. The van der Waals surface area contributed by atoms with Gasteiger partial charge in [-0.15, -0.1) is 0 Å². The van der Waals surface area contributed by atoms with E-state index >= 15 is 0 Å². The van der Waals surface area contributed by atoms with Crippen LogP contribution in [0.5, 0.6) is 0 Å². The van der Waals surface area contributed by atoms with Gasteiger partial charge in [0.25, 0.3) is 0 Å². The lowest BCUT2D eigenvalue weighted by Crippen LogP contribution is -2.52. The molecule has 1 aliphatic carbocycles. The highest BCUT2D eigenvalue weighted by Gasteiger charge is 2.30. The molecular formula is C13H26N2. The second kappa shape index (κ2) is 4.84. The Morgan fingerprint density at radius 3 is 2.53 bits per heavy atom. The predicted molar refractivity (Wildman–Crippen MR) is 64.7 cm³/mol. The van der Waals surface area contributed by atoms with E-state index in [4.69, 9.17) is 5.73 Å². The lowest BCUT2D eigenvalue weighted by molar-refractivity contribution is 0.0859. The Labute approximate surface area is 94.2 Å². The van der Waals surface area contributed by atoms with Crippen molar-refractivity contribution in [1.82, 2.24) is 4.90 Å². The second-order valence-corrected chi connectivity index (χ2v) is 5.67. The van der Waals surface area contributed by atoms with Crippen molar-refractivity contribution in [1.29, 1.82) is 0 Å². The maximum absolute atomic E-state index is 6.10. The van der Waals surface area contributed by atoms with E-state index in [2.05, 4.69) is 18.7 Å². The summed E-state index contributed by atoms with van der Waals surface area (Å²) in [6, 6.07) is 1.12. The average molecular weight is 210 g/mol. The third-order valence-electron chi connectivity index (χ3n) is 4.81. The van der Waals surface area contributed by atoms with Crippen LogP contribution in [0.2, 0.25) is 0 Å². The molecule has 0 aromatic carbocycles. The van der Waals surface area contributed by atoms with Crippen LogP contribution < -0.4 is 5.73 Å². The van der Waals surface area contributed by atoms with Crippen molar-refractivity contribution in [3.8, 4) is 0 Å². The molecule has 1 heterocycles. The summed E-state index contributed by atoms with van der Waals surface area (Å²) in [7, 11) is 0. The van der Waals surface area contributed by atoms with Crippen molar-refractivity contribution in [3.05, 3.63) is 0 Å². The Kier molecular flexibility index (Phi) is 3.68. The Morgan fingerprint density at radius 2 is 1.93 bits per heavy atom. The van der Waals surface area contributed by atoms with E-state index in [1.54, 1.807) is 0 Å². The van der Waals surface area contributed by atoms with Gasteiger partial charge in [-0.25, -0.2) is 0 Å². The lowest BCUT2D eigenvalue weighted by atomic mass is 9.82. The number of piperidine rings is 1. The molecule has 1 saturated carbocycles. The fraction of sp³-hybridized carbons (Fsp3) is 1.00. The van der Waals surface area contributed by atoms with Crippen molar-refractivity contribution in [3.63, 3.8) is 0 Å². The molecule has 0 radical (unpaired) electrons. The number of hydrogen-bond acceptors (Lipinski definition) is 2. The van der Waals surface area contributed by atoms with Crippen LogP contribution in [0.1, 0.15) is 46.0 Å². The normalized spacial score (nSPS) is 39.0. The fourth-order valence-corrected chi connectivity index (χ4v) is 2.92. The van der Waals surface area contributed by atoms with Gasteiger partial charge in [0.1, 0.15) is 0 Å². The van der Waals surface area contributed by atoms with Crippen LogP contribution in [0, 0.1) is 11.8 Å². The van der Waals surface area contributed by atoms with Crippen LogP contribution in [0.4, 0.5) is 0 Å².